The van der Waals surface area contributed by atoms with E-state index in [2.05, 4.69) is 5.10 Å². The number of carbonyl (C=O) groups excluding carboxylic acids is 1. The number of aromatic nitrogens is 2. The number of hydrogen-bond donors (Lipinski definition) is 1. The number of likely N-dealkylation sites (tertiary alicyclic amines) is 1. The molecule has 3 rings (SSSR count). The maximum Gasteiger partial charge on any atom is 0.434 e. The monoisotopic (exact) mass is 407 g/mol. The summed E-state index contributed by atoms with van der Waals surface area (Å²) in [6.45, 7) is 0.0484. The molecule has 11 heteroatoms. The first-order valence-corrected chi connectivity index (χ1v) is 8.28. The first-order chi connectivity index (χ1) is 13.0. The van der Waals surface area contributed by atoms with Gasteiger partial charge in [0.1, 0.15) is 0 Å². The zero-order valence-corrected chi connectivity index (χ0v) is 14.3. The Morgan fingerprint density at radius 1 is 1.14 bits per heavy atom. The van der Waals surface area contributed by atoms with Crippen LogP contribution >= 0.6 is 0 Å². The summed E-state index contributed by atoms with van der Waals surface area (Å²) in [6, 6.07) is 3.25. The fourth-order valence-corrected chi connectivity index (χ4v) is 3.10. The van der Waals surface area contributed by atoms with Crippen molar-refractivity contribution in [1.82, 2.24) is 14.7 Å². The molecule has 1 aliphatic heterocycles. The van der Waals surface area contributed by atoms with Crippen LogP contribution in [0.25, 0.3) is 5.69 Å². The average molecular weight is 407 g/mol. The van der Waals surface area contributed by atoms with Gasteiger partial charge in [0.15, 0.2) is 5.69 Å². The number of alkyl halides is 6. The Morgan fingerprint density at radius 2 is 1.86 bits per heavy atom. The summed E-state index contributed by atoms with van der Waals surface area (Å²) in [7, 11) is 0. The van der Waals surface area contributed by atoms with Crippen LogP contribution in [0.1, 0.15) is 34.5 Å². The number of nitrogens with zero attached hydrogens (tertiary/aromatic N) is 3. The quantitative estimate of drug-likeness (QED) is 0.776. The largest absolute Gasteiger partial charge is 0.434 e. The molecule has 5 nitrogen and oxygen atoms in total. The number of β-amino-alcohol motifs (C(OH)–C–C–N with tert-alkyl or cyclic N) is 1. The van der Waals surface area contributed by atoms with Crippen LogP contribution < -0.4 is 0 Å². The van der Waals surface area contributed by atoms with Gasteiger partial charge in [-0.2, -0.15) is 31.4 Å². The number of aliphatic hydroxyl groups is 1. The summed E-state index contributed by atoms with van der Waals surface area (Å²) in [5, 5.41) is 13.2. The van der Waals surface area contributed by atoms with Gasteiger partial charge in [0.2, 0.25) is 0 Å². The second kappa shape index (κ2) is 7.12. The van der Waals surface area contributed by atoms with E-state index in [9.17, 15) is 36.2 Å². The van der Waals surface area contributed by atoms with Crippen molar-refractivity contribution in [1.29, 1.82) is 0 Å². The van der Waals surface area contributed by atoms with Crippen LogP contribution in [0.3, 0.4) is 0 Å². The molecule has 1 saturated heterocycles. The van der Waals surface area contributed by atoms with Crippen LogP contribution in [-0.4, -0.2) is 44.9 Å². The van der Waals surface area contributed by atoms with Gasteiger partial charge in [0.25, 0.3) is 5.91 Å². The van der Waals surface area contributed by atoms with Crippen LogP contribution in [0, 0.1) is 0 Å². The summed E-state index contributed by atoms with van der Waals surface area (Å²) >= 11 is 0. The number of amides is 1. The van der Waals surface area contributed by atoms with Crippen LogP contribution in [0.2, 0.25) is 0 Å². The van der Waals surface area contributed by atoms with E-state index in [0.717, 1.165) is 23.1 Å². The molecule has 2 aromatic rings. The van der Waals surface area contributed by atoms with Crippen molar-refractivity contribution < 1.29 is 36.2 Å². The Bertz CT molecular complexity index is 875. The lowest BCUT2D eigenvalue weighted by atomic mass is 10.1. The lowest BCUT2D eigenvalue weighted by molar-refractivity contribution is -0.143. The Hall–Kier alpha value is -2.56. The Morgan fingerprint density at radius 3 is 2.46 bits per heavy atom. The van der Waals surface area contributed by atoms with Crippen molar-refractivity contribution in [2.45, 2.75) is 31.3 Å². The first kappa shape index (κ1) is 20.2. The number of hydrogen-bond acceptors (Lipinski definition) is 3. The van der Waals surface area contributed by atoms with Crippen LogP contribution in [0.4, 0.5) is 26.3 Å². The highest BCUT2D eigenvalue weighted by atomic mass is 19.4. The highest BCUT2D eigenvalue weighted by Gasteiger charge is 2.42. The predicted octanol–water partition coefficient (Wildman–Crippen LogP) is 3.51. The average Bonchev–Trinajstić information content (AvgIpc) is 3.06. The first-order valence-electron chi connectivity index (χ1n) is 8.28. The number of carbonyl (C=O) groups is 1. The molecule has 1 fully saturated rings. The third-order valence-electron chi connectivity index (χ3n) is 4.37. The fourth-order valence-electron chi connectivity index (χ4n) is 3.10. The maximum absolute atomic E-state index is 13.7. The molecule has 1 aromatic heterocycles. The highest BCUT2D eigenvalue weighted by Crippen LogP contribution is 2.36. The molecule has 1 N–H and O–H groups in total. The zero-order chi connectivity index (χ0) is 20.7. The fraction of sp³-hybridized carbons (Fsp3) is 0.412. The zero-order valence-electron chi connectivity index (χ0n) is 14.3. The molecule has 1 unspecified atom stereocenters. The minimum absolute atomic E-state index is 0.120. The van der Waals surface area contributed by atoms with Gasteiger partial charge in [0, 0.05) is 13.1 Å². The van der Waals surface area contributed by atoms with E-state index in [1.54, 1.807) is 0 Å². The minimum Gasteiger partial charge on any atom is -0.391 e. The number of aliphatic hydroxyl groups excluding tert-OH is 1. The van der Waals surface area contributed by atoms with Gasteiger partial charge in [-0.1, -0.05) is 6.07 Å². The topological polar surface area (TPSA) is 58.4 Å². The lowest BCUT2D eigenvalue weighted by Crippen LogP contribution is -2.42. The standard InChI is InChI=1S/C17H15F6N3O2/c18-16(19,20)10-3-1-4-11(7-10)26-14(17(21,22)23)13(8-24-26)15(28)25-6-2-5-12(27)9-25/h1,3-4,7-8,12,27H,2,5-6,9H2. The van der Waals surface area contributed by atoms with Crippen molar-refractivity contribution in [2.24, 2.45) is 0 Å². The van der Waals surface area contributed by atoms with Crippen molar-refractivity contribution >= 4 is 5.91 Å². The second-order valence-electron chi connectivity index (χ2n) is 6.41. The van der Waals surface area contributed by atoms with Crippen molar-refractivity contribution in [3.8, 4) is 5.69 Å². The van der Waals surface area contributed by atoms with Gasteiger partial charge in [-0.15, -0.1) is 0 Å². The maximum atomic E-state index is 13.7. The molecular weight excluding hydrogens is 392 g/mol. The van der Waals surface area contributed by atoms with Crippen LogP contribution in [0.15, 0.2) is 30.5 Å². The Labute approximate surface area is 155 Å². The molecule has 0 aliphatic carbocycles. The smallest absolute Gasteiger partial charge is 0.391 e. The van der Waals surface area contributed by atoms with E-state index in [1.165, 1.54) is 0 Å². The molecule has 0 radical (unpaired) electrons. The molecule has 0 saturated carbocycles. The predicted molar refractivity (Wildman–Crippen MR) is 84.7 cm³/mol. The molecule has 1 amide bonds. The van der Waals surface area contributed by atoms with Gasteiger partial charge in [-0.25, -0.2) is 4.68 Å². The molecule has 2 heterocycles. The van der Waals surface area contributed by atoms with Gasteiger partial charge < -0.3 is 10.0 Å². The molecule has 152 valence electrons. The molecule has 1 aromatic carbocycles. The van der Waals surface area contributed by atoms with Crippen molar-refractivity contribution in [3.05, 3.63) is 47.3 Å². The number of benzene rings is 1. The summed E-state index contributed by atoms with van der Waals surface area (Å²) in [5.41, 5.74) is -3.85. The Balaban J connectivity index is 2.06. The summed E-state index contributed by atoms with van der Waals surface area (Å²) in [4.78, 5) is 13.6. The molecule has 1 atom stereocenters. The van der Waals surface area contributed by atoms with Crippen LogP contribution in [0.5, 0.6) is 0 Å². The van der Waals surface area contributed by atoms with Gasteiger partial charge in [0.05, 0.1) is 29.1 Å². The van der Waals surface area contributed by atoms with Gasteiger partial charge in [-0.3, -0.25) is 4.79 Å². The van der Waals surface area contributed by atoms with E-state index in [-0.39, 0.29) is 17.8 Å². The minimum atomic E-state index is -5.04. The third kappa shape index (κ3) is 3.98. The number of halogens is 6. The molecule has 28 heavy (non-hydrogen) atoms. The molecule has 1 aliphatic rings. The second-order valence-corrected chi connectivity index (χ2v) is 6.41. The lowest BCUT2D eigenvalue weighted by Gasteiger charge is -2.30. The summed E-state index contributed by atoms with van der Waals surface area (Å²) in [5.74, 6) is -0.982. The molecule has 0 spiro atoms. The van der Waals surface area contributed by atoms with E-state index < -0.39 is 46.9 Å². The normalized spacial score (nSPS) is 18.4. The van der Waals surface area contributed by atoms with E-state index in [1.807, 2.05) is 0 Å². The van der Waals surface area contributed by atoms with E-state index in [0.29, 0.717) is 25.1 Å². The number of rotatable bonds is 2. The SMILES string of the molecule is O=C(c1cnn(-c2cccc(C(F)(F)F)c2)c1C(F)(F)F)N1CCCC(O)C1. The highest BCUT2D eigenvalue weighted by molar-refractivity contribution is 5.95. The van der Waals surface area contributed by atoms with Crippen molar-refractivity contribution in [2.75, 3.05) is 13.1 Å². The van der Waals surface area contributed by atoms with Gasteiger partial charge in [-0.05, 0) is 31.0 Å². The summed E-state index contributed by atoms with van der Waals surface area (Å²) in [6.07, 6.45) is -9.08. The van der Waals surface area contributed by atoms with Crippen molar-refractivity contribution in [3.63, 3.8) is 0 Å². The molecule has 0 bridgehead atoms. The van der Waals surface area contributed by atoms with Crippen LogP contribution in [-0.2, 0) is 12.4 Å². The summed E-state index contributed by atoms with van der Waals surface area (Å²) < 4.78 is 80.0. The molecular formula is C17H15F6N3O2. The number of piperidine rings is 1. The van der Waals surface area contributed by atoms with Gasteiger partial charge >= 0.3 is 12.4 Å². The third-order valence-corrected chi connectivity index (χ3v) is 4.37. The van der Waals surface area contributed by atoms with E-state index in [4.69, 9.17) is 0 Å². The Kier molecular flexibility index (Phi) is 5.13. The van der Waals surface area contributed by atoms with E-state index >= 15 is 0 Å².